The zero-order valence-corrected chi connectivity index (χ0v) is 11.3. The Hall–Kier alpha value is -1.61. The van der Waals surface area contributed by atoms with Gasteiger partial charge in [-0.3, -0.25) is 0 Å². The molecule has 1 aliphatic rings. The first-order valence-electron chi connectivity index (χ1n) is 7.06. The average Bonchev–Trinajstić information content (AvgIpc) is 2.46. The number of aliphatic hydroxyl groups is 1. The van der Waals surface area contributed by atoms with Crippen molar-refractivity contribution in [2.45, 2.75) is 38.8 Å². The predicted octanol–water partition coefficient (Wildman–Crippen LogP) is 3.11. The number of hydrogen-bond donors (Lipinski definition) is 1. The molecule has 100 valence electrons. The molecule has 2 heterocycles. The highest BCUT2D eigenvalue weighted by molar-refractivity contribution is 5.84. The first-order chi connectivity index (χ1) is 9.29. The monoisotopic (exact) mass is 256 g/mol. The summed E-state index contributed by atoms with van der Waals surface area (Å²) in [6.07, 6.45) is 3.76. The fraction of sp³-hybridized carbons (Fsp3) is 0.438. The van der Waals surface area contributed by atoms with Gasteiger partial charge in [-0.1, -0.05) is 18.2 Å². The molecule has 0 aliphatic carbocycles. The van der Waals surface area contributed by atoms with Gasteiger partial charge in [-0.25, -0.2) is 4.98 Å². The zero-order valence-electron chi connectivity index (χ0n) is 11.3. The summed E-state index contributed by atoms with van der Waals surface area (Å²) >= 11 is 0. The summed E-state index contributed by atoms with van der Waals surface area (Å²) in [4.78, 5) is 7.14. The summed E-state index contributed by atoms with van der Waals surface area (Å²) in [5, 5.41) is 10.6. The topological polar surface area (TPSA) is 36.4 Å². The molecule has 0 bridgehead atoms. The van der Waals surface area contributed by atoms with Crippen molar-refractivity contribution in [1.82, 2.24) is 4.98 Å². The van der Waals surface area contributed by atoms with E-state index >= 15 is 0 Å². The maximum Gasteiger partial charge on any atom is 0.129 e. The van der Waals surface area contributed by atoms with E-state index in [9.17, 15) is 5.11 Å². The molecule has 0 spiro atoms. The van der Waals surface area contributed by atoms with E-state index in [1.165, 1.54) is 19.3 Å². The first kappa shape index (κ1) is 12.4. The van der Waals surface area contributed by atoms with Crippen LogP contribution in [0.3, 0.4) is 0 Å². The molecule has 1 atom stereocenters. The van der Waals surface area contributed by atoms with Crippen LogP contribution in [0.15, 0.2) is 30.3 Å². The van der Waals surface area contributed by atoms with Gasteiger partial charge in [-0.15, -0.1) is 0 Å². The Kier molecular flexibility index (Phi) is 3.38. The molecule has 3 nitrogen and oxygen atoms in total. The third-order valence-corrected chi connectivity index (χ3v) is 4.06. The molecular weight excluding hydrogens is 236 g/mol. The van der Waals surface area contributed by atoms with Crippen LogP contribution in [0.2, 0.25) is 0 Å². The van der Waals surface area contributed by atoms with Crippen LogP contribution in [0, 0.1) is 0 Å². The van der Waals surface area contributed by atoms with Gasteiger partial charge in [-0.05, 0) is 43.9 Å². The van der Waals surface area contributed by atoms with Gasteiger partial charge in [0, 0.05) is 18.0 Å². The van der Waals surface area contributed by atoms with Crippen molar-refractivity contribution in [3.05, 3.63) is 35.9 Å². The number of fused-ring (bicyclic) bond motifs is 1. The molecule has 19 heavy (non-hydrogen) atoms. The summed E-state index contributed by atoms with van der Waals surface area (Å²) in [6, 6.07) is 10.6. The lowest BCUT2D eigenvalue weighted by atomic mass is 10.0. The molecule has 3 rings (SSSR count). The number of benzene rings is 1. The van der Waals surface area contributed by atoms with E-state index in [2.05, 4.69) is 11.8 Å². The van der Waals surface area contributed by atoms with Crippen molar-refractivity contribution >= 4 is 16.7 Å². The molecule has 1 aliphatic heterocycles. The molecule has 1 aromatic carbocycles. The van der Waals surface area contributed by atoms with Crippen molar-refractivity contribution < 1.29 is 5.11 Å². The Balaban J connectivity index is 2.08. The van der Waals surface area contributed by atoms with Crippen LogP contribution in [0.1, 0.15) is 31.7 Å². The number of piperidine rings is 1. The molecule has 1 aromatic heterocycles. The fourth-order valence-electron chi connectivity index (χ4n) is 2.95. The van der Waals surface area contributed by atoms with Crippen LogP contribution in [-0.2, 0) is 6.61 Å². The molecule has 0 saturated carbocycles. The fourth-order valence-corrected chi connectivity index (χ4v) is 2.95. The number of rotatable bonds is 2. The van der Waals surface area contributed by atoms with E-state index < -0.39 is 0 Å². The van der Waals surface area contributed by atoms with Crippen LogP contribution in [0.5, 0.6) is 0 Å². The third-order valence-electron chi connectivity index (χ3n) is 4.06. The molecule has 1 fully saturated rings. The van der Waals surface area contributed by atoms with Crippen molar-refractivity contribution in [3.8, 4) is 0 Å². The number of para-hydroxylation sites is 1. The van der Waals surface area contributed by atoms with Crippen LogP contribution in [0.25, 0.3) is 10.9 Å². The van der Waals surface area contributed by atoms with E-state index in [0.717, 1.165) is 28.8 Å². The summed E-state index contributed by atoms with van der Waals surface area (Å²) < 4.78 is 0. The molecule has 2 aromatic rings. The molecular formula is C16H20N2O. The Morgan fingerprint density at radius 2 is 2.16 bits per heavy atom. The van der Waals surface area contributed by atoms with Crippen LogP contribution >= 0.6 is 0 Å². The number of pyridine rings is 1. The van der Waals surface area contributed by atoms with E-state index in [0.29, 0.717) is 6.04 Å². The Morgan fingerprint density at radius 3 is 2.95 bits per heavy atom. The lowest BCUT2D eigenvalue weighted by Crippen LogP contribution is -2.38. The zero-order chi connectivity index (χ0) is 13.2. The molecule has 1 unspecified atom stereocenters. The van der Waals surface area contributed by atoms with E-state index in [1.54, 1.807) is 0 Å². The number of anilines is 1. The molecule has 1 saturated heterocycles. The van der Waals surface area contributed by atoms with Gasteiger partial charge < -0.3 is 10.0 Å². The summed E-state index contributed by atoms with van der Waals surface area (Å²) in [6.45, 7) is 3.39. The van der Waals surface area contributed by atoms with E-state index in [1.807, 2.05) is 30.3 Å². The minimum Gasteiger partial charge on any atom is -0.392 e. The molecule has 3 heteroatoms. The normalized spacial score (nSPS) is 19.9. The van der Waals surface area contributed by atoms with Gasteiger partial charge in [0.1, 0.15) is 5.82 Å². The summed E-state index contributed by atoms with van der Waals surface area (Å²) in [5.74, 6) is 1.01. The Bertz CT molecular complexity index is 582. The highest BCUT2D eigenvalue weighted by Crippen LogP contribution is 2.27. The number of aliphatic hydroxyl groups excluding tert-OH is 1. The van der Waals surface area contributed by atoms with Crippen LogP contribution in [0.4, 0.5) is 5.82 Å². The smallest absolute Gasteiger partial charge is 0.129 e. The highest BCUT2D eigenvalue weighted by Gasteiger charge is 2.20. The number of hydrogen-bond acceptors (Lipinski definition) is 3. The van der Waals surface area contributed by atoms with E-state index in [4.69, 9.17) is 4.98 Å². The Morgan fingerprint density at radius 1 is 1.32 bits per heavy atom. The number of aromatic nitrogens is 1. The van der Waals surface area contributed by atoms with Crippen molar-refractivity contribution in [2.75, 3.05) is 11.4 Å². The van der Waals surface area contributed by atoms with Crippen molar-refractivity contribution in [3.63, 3.8) is 0 Å². The highest BCUT2D eigenvalue weighted by atomic mass is 16.3. The van der Waals surface area contributed by atoms with Gasteiger partial charge in [0.15, 0.2) is 0 Å². The third kappa shape index (κ3) is 2.30. The van der Waals surface area contributed by atoms with Gasteiger partial charge in [0.05, 0.1) is 12.1 Å². The van der Waals surface area contributed by atoms with Gasteiger partial charge in [0.25, 0.3) is 0 Å². The second kappa shape index (κ2) is 5.17. The SMILES string of the molecule is CC1CCCCN1c1cc(CO)c2ccccc2n1. The van der Waals surface area contributed by atoms with Crippen molar-refractivity contribution in [1.29, 1.82) is 0 Å². The quantitative estimate of drug-likeness (QED) is 0.897. The minimum atomic E-state index is 0.0677. The number of nitrogens with zero attached hydrogens (tertiary/aromatic N) is 2. The Labute approximate surface area is 113 Å². The van der Waals surface area contributed by atoms with E-state index in [-0.39, 0.29) is 6.61 Å². The molecule has 0 amide bonds. The van der Waals surface area contributed by atoms with Crippen LogP contribution < -0.4 is 4.90 Å². The first-order valence-corrected chi connectivity index (χ1v) is 7.06. The van der Waals surface area contributed by atoms with Gasteiger partial charge in [-0.2, -0.15) is 0 Å². The predicted molar refractivity (Wildman–Crippen MR) is 78.3 cm³/mol. The largest absolute Gasteiger partial charge is 0.392 e. The standard InChI is InChI=1S/C16H20N2O/c1-12-6-4-5-9-18(12)16-10-13(11-19)14-7-2-3-8-15(14)17-16/h2-3,7-8,10,12,19H,4-6,9,11H2,1H3. The van der Waals surface area contributed by atoms with Crippen LogP contribution in [-0.4, -0.2) is 22.7 Å². The van der Waals surface area contributed by atoms with Gasteiger partial charge >= 0.3 is 0 Å². The molecule has 1 N–H and O–H groups in total. The second-order valence-electron chi connectivity index (χ2n) is 5.35. The van der Waals surface area contributed by atoms with Gasteiger partial charge in [0.2, 0.25) is 0 Å². The maximum absolute atomic E-state index is 9.58. The van der Waals surface area contributed by atoms with Crippen molar-refractivity contribution in [2.24, 2.45) is 0 Å². The lowest BCUT2D eigenvalue weighted by Gasteiger charge is -2.34. The molecule has 0 radical (unpaired) electrons. The summed E-state index contributed by atoms with van der Waals surface area (Å²) in [7, 11) is 0. The summed E-state index contributed by atoms with van der Waals surface area (Å²) in [5.41, 5.74) is 1.94. The lowest BCUT2D eigenvalue weighted by molar-refractivity contribution is 0.283. The maximum atomic E-state index is 9.58. The minimum absolute atomic E-state index is 0.0677. The average molecular weight is 256 g/mol. The second-order valence-corrected chi connectivity index (χ2v) is 5.35.